The van der Waals surface area contributed by atoms with Crippen LogP contribution >= 0.6 is 11.6 Å². The standard InChI is InChI=1S/C12H10ClNO3/c1-17-11-4-7-2-3-8(5-12(15)16)14-10(7)6-9(11)13/h2-4,6H,5H2,1H3,(H,15,16). The van der Waals surface area contributed by atoms with Crippen molar-refractivity contribution in [3.63, 3.8) is 0 Å². The molecule has 0 aliphatic carbocycles. The molecule has 0 unspecified atom stereocenters. The van der Waals surface area contributed by atoms with Gasteiger partial charge in [0, 0.05) is 5.39 Å². The number of rotatable bonds is 3. The molecule has 1 aromatic carbocycles. The number of fused-ring (bicyclic) bond motifs is 1. The van der Waals surface area contributed by atoms with Gasteiger partial charge in [0.1, 0.15) is 5.75 Å². The van der Waals surface area contributed by atoms with Crippen molar-refractivity contribution in [2.75, 3.05) is 7.11 Å². The smallest absolute Gasteiger partial charge is 0.309 e. The summed E-state index contributed by atoms with van der Waals surface area (Å²) in [6, 6.07) is 6.93. The molecule has 0 saturated heterocycles. The van der Waals surface area contributed by atoms with E-state index in [0.29, 0.717) is 22.0 Å². The SMILES string of the molecule is COc1cc2ccc(CC(=O)O)nc2cc1Cl. The van der Waals surface area contributed by atoms with E-state index in [2.05, 4.69) is 4.98 Å². The number of hydrogen-bond acceptors (Lipinski definition) is 3. The van der Waals surface area contributed by atoms with E-state index in [9.17, 15) is 4.79 Å². The lowest BCUT2D eigenvalue weighted by Crippen LogP contribution is -2.02. The summed E-state index contributed by atoms with van der Waals surface area (Å²) in [5, 5.41) is 10.0. The van der Waals surface area contributed by atoms with Gasteiger partial charge in [0.15, 0.2) is 0 Å². The fraction of sp³-hybridized carbons (Fsp3) is 0.167. The molecule has 0 bridgehead atoms. The molecule has 0 amide bonds. The Morgan fingerprint density at radius 2 is 2.24 bits per heavy atom. The van der Waals surface area contributed by atoms with Crippen molar-refractivity contribution in [2.24, 2.45) is 0 Å². The number of carboxylic acid groups (broad SMARTS) is 1. The second-order valence-corrected chi connectivity index (χ2v) is 3.96. The first-order valence-electron chi connectivity index (χ1n) is 4.95. The molecular formula is C12H10ClNO3. The summed E-state index contributed by atoms with van der Waals surface area (Å²) >= 11 is 5.98. The minimum absolute atomic E-state index is 0.0976. The molecule has 0 saturated carbocycles. The van der Waals surface area contributed by atoms with Crippen molar-refractivity contribution in [3.8, 4) is 5.75 Å². The van der Waals surface area contributed by atoms with E-state index < -0.39 is 5.97 Å². The van der Waals surface area contributed by atoms with Crippen molar-refractivity contribution in [1.82, 2.24) is 4.98 Å². The van der Waals surface area contributed by atoms with Crippen LogP contribution in [0.4, 0.5) is 0 Å². The number of methoxy groups -OCH3 is 1. The van der Waals surface area contributed by atoms with Gasteiger partial charge in [0.2, 0.25) is 0 Å². The fourth-order valence-corrected chi connectivity index (χ4v) is 1.81. The number of ether oxygens (including phenoxy) is 1. The number of aliphatic carboxylic acids is 1. The molecule has 0 spiro atoms. The zero-order chi connectivity index (χ0) is 12.4. The van der Waals surface area contributed by atoms with Crippen LogP contribution in [-0.4, -0.2) is 23.2 Å². The largest absolute Gasteiger partial charge is 0.495 e. The van der Waals surface area contributed by atoms with Crippen LogP contribution in [0.2, 0.25) is 5.02 Å². The van der Waals surface area contributed by atoms with Gasteiger partial charge in [0.05, 0.1) is 29.8 Å². The molecule has 1 heterocycles. The summed E-state index contributed by atoms with van der Waals surface area (Å²) in [7, 11) is 1.54. The highest BCUT2D eigenvalue weighted by atomic mass is 35.5. The zero-order valence-electron chi connectivity index (χ0n) is 9.11. The number of nitrogens with zero attached hydrogens (tertiary/aromatic N) is 1. The number of hydrogen-bond donors (Lipinski definition) is 1. The van der Waals surface area contributed by atoms with E-state index in [0.717, 1.165) is 5.39 Å². The van der Waals surface area contributed by atoms with E-state index in [4.69, 9.17) is 21.4 Å². The molecule has 0 fully saturated rings. The second kappa shape index (κ2) is 4.59. The Morgan fingerprint density at radius 1 is 1.47 bits per heavy atom. The van der Waals surface area contributed by atoms with Gasteiger partial charge in [0.25, 0.3) is 0 Å². The zero-order valence-corrected chi connectivity index (χ0v) is 9.86. The van der Waals surface area contributed by atoms with Crippen LogP contribution in [0, 0.1) is 0 Å². The van der Waals surface area contributed by atoms with Crippen LogP contribution in [-0.2, 0) is 11.2 Å². The third kappa shape index (κ3) is 2.47. The number of benzene rings is 1. The van der Waals surface area contributed by atoms with E-state index in [1.165, 1.54) is 0 Å². The van der Waals surface area contributed by atoms with Gasteiger partial charge < -0.3 is 9.84 Å². The predicted molar refractivity (Wildman–Crippen MR) is 64.6 cm³/mol. The maximum Gasteiger partial charge on any atom is 0.309 e. The summed E-state index contributed by atoms with van der Waals surface area (Å²) in [5.74, 6) is -0.330. The van der Waals surface area contributed by atoms with Gasteiger partial charge in [-0.15, -0.1) is 0 Å². The normalized spacial score (nSPS) is 10.5. The van der Waals surface area contributed by atoms with Crippen LogP contribution < -0.4 is 4.74 Å². The van der Waals surface area contributed by atoms with Gasteiger partial charge in [-0.05, 0) is 18.2 Å². The van der Waals surface area contributed by atoms with Gasteiger partial charge in [-0.3, -0.25) is 9.78 Å². The second-order valence-electron chi connectivity index (χ2n) is 3.55. The number of pyridine rings is 1. The molecule has 0 radical (unpaired) electrons. The van der Waals surface area contributed by atoms with E-state index in [-0.39, 0.29) is 6.42 Å². The quantitative estimate of drug-likeness (QED) is 0.911. The first kappa shape index (κ1) is 11.7. The van der Waals surface area contributed by atoms with Gasteiger partial charge in [-0.1, -0.05) is 17.7 Å². The summed E-state index contributed by atoms with van der Waals surface area (Å²) in [6.07, 6.45) is -0.0976. The molecule has 0 aliphatic heterocycles. The third-order valence-corrected chi connectivity index (χ3v) is 2.65. The Kier molecular flexibility index (Phi) is 3.15. The molecule has 2 aromatic rings. The van der Waals surface area contributed by atoms with Gasteiger partial charge >= 0.3 is 5.97 Å². The maximum absolute atomic E-state index is 10.6. The van der Waals surface area contributed by atoms with Gasteiger partial charge in [-0.25, -0.2) is 0 Å². The first-order chi connectivity index (χ1) is 8.10. The van der Waals surface area contributed by atoms with Crippen molar-refractivity contribution in [3.05, 3.63) is 35.0 Å². The van der Waals surface area contributed by atoms with Crippen molar-refractivity contribution in [1.29, 1.82) is 0 Å². The van der Waals surface area contributed by atoms with Crippen molar-refractivity contribution in [2.45, 2.75) is 6.42 Å². The average molecular weight is 252 g/mol. The number of aromatic nitrogens is 1. The Hall–Kier alpha value is -1.81. The Balaban J connectivity index is 2.51. The molecule has 1 aromatic heterocycles. The summed E-state index contributed by atoms with van der Waals surface area (Å²) < 4.78 is 5.09. The number of halogens is 1. The fourth-order valence-electron chi connectivity index (χ4n) is 1.58. The molecule has 5 heteroatoms. The van der Waals surface area contributed by atoms with E-state index >= 15 is 0 Å². The molecule has 0 atom stereocenters. The molecular weight excluding hydrogens is 242 g/mol. The molecule has 1 N–H and O–H groups in total. The van der Waals surface area contributed by atoms with Crippen LogP contribution in [0.5, 0.6) is 5.75 Å². The molecule has 17 heavy (non-hydrogen) atoms. The highest BCUT2D eigenvalue weighted by Gasteiger charge is 2.07. The monoisotopic (exact) mass is 251 g/mol. The Morgan fingerprint density at radius 3 is 2.88 bits per heavy atom. The van der Waals surface area contributed by atoms with Gasteiger partial charge in [-0.2, -0.15) is 0 Å². The molecule has 0 aliphatic rings. The number of carboxylic acids is 1. The van der Waals surface area contributed by atoms with Crippen LogP contribution in [0.15, 0.2) is 24.3 Å². The molecule has 88 valence electrons. The lowest BCUT2D eigenvalue weighted by atomic mass is 10.1. The third-order valence-electron chi connectivity index (χ3n) is 2.35. The average Bonchev–Trinajstić information content (AvgIpc) is 2.27. The van der Waals surface area contributed by atoms with Crippen LogP contribution in [0.3, 0.4) is 0 Å². The van der Waals surface area contributed by atoms with E-state index in [1.807, 2.05) is 0 Å². The van der Waals surface area contributed by atoms with Crippen molar-refractivity contribution >= 4 is 28.5 Å². The molecule has 4 nitrogen and oxygen atoms in total. The predicted octanol–water partition coefficient (Wildman–Crippen LogP) is 2.52. The highest BCUT2D eigenvalue weighted by molar-refractivity contribution is 6.32. The Labute approximate surface area is 103 Å². The molecule has 2 rings (SSSR count). The van der Waals surface area contributed by atoms with Crippen molar-refractivity contribution < 1.29 is 14.6 Å². The minimum atomic E-state index is -0.906. The minimum Gasteiger partial charge on any atom is -0.495 e. The van der Waals surface area contributed by atoms with Crippen LogP contribution in [0.1, 0.15) is 5.69 Å². The summed E-state index contributed by atoms with van der Waals surface area (Å²) in [6.45, 7) is 0. The maximum atomic E-state index is 10.6. The first-order valence-corrected chi connectivity index (χ1v) is 5.33. The lowest BCUT2D eigenvalue weighted by molar-refractivity contribution is -0.136. The van der Waals surface area contributed by atoms with Crippen LogP contribution in [0.25, 0.3) is 10.9 Å². The number of carbonyl (C=O) groups is 1. The summed E-state index contributed by atoms with van der Waals surface area (Å²) in [5.41, 5.74) is 1.17. The van der Waals surface area contributed by atoms with E-state index in [1.54, 1.807) is 31.4 Å². The topological polar surface area (TPSA) is 59.4 Å². The summed E-state index contributed by atoms with van der Waals surface area (Å²) in [4.78, 5) is 14.8. The highest BCUT2D eigenvalue weighted by Crippen LogP contribution is 2.29. The Bertz CT molecular complexity index is 583. The lowest BCUT2D eigenvalue weighted by Gasteiger charge is -2.06.